The Morgan fingerprint density at radius 2 is 1.96 bits per heavy atom. The summed E-state index contributed by atoms with van der Waals surface area (Å²) in [4.78, 5) is 16.8. The van der Waals surface area contributed by atoms with Gasteiger partial charge in [-0.3, -0.25) is 9.69 Å². The van der Waals surface area contributed by atoms with Crippen LogP contribution in [0.5, 0.6) is 0 Å². The van der Waals surface area contributed by atoms with Crippen molar-refractivity contribution in [3.8, 4) is 0 Å². The molecule has 2 spiro atoms. The van der Waals surface area contributed by atoms with E-state index in [-0.39, 0.29) is 11.5 Å². The van der Waals surface area contributed by atoms with Crippen LogP contribution in [0, 0.1) is 17.3 Å². The molecule has 2 aliphatic carbocycles. The monoisotopic (exact) mass is 375 g/mol. The van der Waals surface area contributed by atoms with Crippen LogP contribution in [0.25, 0.3) is 0 Å². The van der Waals surface area contributed by atoms with E-state index in [2.05, 4.69) is 10.2 Å². The lowest BCUT2D eigenvalue weighted by Crippen LogP contribution is -2.52. The smallest absolute Gasteiger partial charge is 0.234 e. The third kappa shape index (κ3) is 3.14. The molecule has 2 bridgehead atoms. The highest BCUT2D eigenvalue weighted by atomic mass is 16.5. The van der Waals surface area contributed by atoms with Crippen molar-refractivity contribution in [3.05, 3.63) is 0 Å². The van der Waals surface area contributed by atoms with Crippen molar-refractivity contribution < 1.29 is 9.53 Å². The zero-order chi connectivity index (χ0) is 18.6. The summed E-state index contributed by atoms with van der Waals surface area (Å²) in [6.07, 6.45) is 13.0. The minimum absolute atomic E-state index is 0.108. The van der Waals surface area contributed by atoms with Gasteiger partial charge < -0.3 is 15.0 Å². The highest BCUT2D eigenvalue weighted by Gasteiger charge is 2.64. The highest BCUT2D eigenvalue weighted by molar-refractivity contribution is 5.77. The topological polar surface area (TPSA) is 44.8 Å². The average Bonchev–Trinajstić information content (AvgIpc) is 3.26. The second kappa shape index (κ2) is 6.70. The zero-order valence-corrected chi connectivity index (χ0v) is 17.2. The maximum absolute atomic E-state index is 12.1. The van der Waals surface area contributed by atoms with E-state index in [1.807, 2.05) is 19.0 Å². The van der Waals surface area contributed by atoms with Crippen molar-refractivity contribution >= 4 is 5.91 Å². The van der Waals surface area contributed by atoms with Gasteiger partial charge in [-0.25, -0.2) is 0 Å². The molecule has 5 heteroatoms. The van der Waals surface area contributed by atoms with Crippen molar-refractivity contribution in [2.45, 2.75) is 75.5 Å². The highest BCUT2D eigenvalue weighted by Crippen LogP contribution is 2.59. The molecule has 3 saturated heterocycles. The number of fused-ring (bicyclic) bond motifs is 1. The van der Waals surface area contributed by atoms with Gasteiger partial charge in [0.15, 0.2) is 0 Å². The molecular weight excluding hydrogens is 338 g/mol. The Kier molecular flexibility index (Phi) is 4.56. The Morgan fingerprint density at radius 3 is 2.70 bits per heavy atom. The van der Waals surface area contributed by atoms with Crippen LogP contribution in [0.3, 0.4) is 0 Å². The van der Waals surface area contributed by atoms with Gasteiger partial charge >= 0.3 is 0 Å². The molecule has 0 aromatic carbocycles. The van der Waals surface area contributed by atoms with E-state index in [9.17, 15) is 4.79 Å². The molecule has 5 nitrogen and oxygen atoms in total. The lowest BCUT2D eigenvalue weighted by Gasteiger charge is -2.53. The molecule has 5 fully saturated rings. The van der Waals surface area contributed by atoms with Crippen LogP contribution >= 0.6 is 0 Å². The SMILES string of the molecule is CN(C)CC(=O)NC[C@H]1[C@H]2CN(C3CC4(CCCCC4)C3)C[C@]23CC[C@H]1O3. The molecule has 4 atom stereocenters. The molecule has 27 heavy (non-hydrogen) atoms. The molecule has 152 valence electrons. The maximum atomic E-state index is 12.1. The third-order valence-corrected chi connectivity index (χ3v) is 8.57. The lowest BCUT2D eigenvalue weighted by atomic mass is 9.58. The summed E-state index contributed by atoms with van der Waals surface area (Å²) in [5, 5.41) is 3.19. The van der Waals surface area contributed by atoms with Crippen LogP contribution in [0.1, 0.15) is 57.8 Å². The summed E-state index contributed by atoms with van der Waals surface area (Å²) >= 11 is 0. The van der Waals surface area contributed by atoms with Crippen LogP contribution in [-0.2, 0) is 9.53 Å². The van der Waals surface area contributed by atoms with Gasteiger partial charge in [-0.2, -0.15) is 0 Å². The zero-order valence-electron chi connectivity index (χ0n) is 17.2. The first-order chi connectivity index (χ1) is 13.0. The van der Waals surface area contributed by atoms with E-state index in [0.29, 0.717) is 29.9 Å². The van der Waals surface area contributed by atoms with Crippen molar-refractivity contribution in [1.82, 2.24) is 15.1 Å². The molecule has 5 aliphatic rings. The van der Waals surface area contributed by atoms with E-state index in [1.165, 1.54) is 64.3 Å². The maximum Gasteiger partial charge on any atom is 0.234 e. The molecule has 0 unspecified atom stereocenters. The van der Waals surface area contributed by atoms with Crippen LogP contribution in [-0.4, -0.2) is 73.7 Å². The van der Waals surface area contributed by atoms with Gasteiger partial charge in [0.25, 0.3) is 0 Å². The Morgan fingerprint density at radius 1 is 1.19 bits per heavy atom. The van der Waals surface area contributed by atoms with Crippen LogP contribution in [0.2, 0.25) is 0 Å². The van der Waals surface area contributed by atoms with E-state index < -0.39 is 0 Å². The van der Waals surface area contributed by atoms with Gasteiger partial charge in [0.1, 0.15) is 0 Å². The van der Waals surface area contributed by atoms with E-state index in [0.717, 1.165) is 19.1 Å². The molecule has 3 aliphatic heterocycles. The van der Waals surface area contributed by atoms with Crippen molar-refractivity contribution in [2.75, 3.05) is 40.3 Å². The fraction of sp³-hybridized carbons (Fsp3) is 0.955. The van der Waals surface area contributed by atoms with Crippen molar-refractivity contribution in [3.63, 3.8) is 0 Å². The second-order valence-electron chi connectivity index (χ2n) is 10.6. The normalized spacial score (nSPS) is 40.5. The van der Waals surface area contributed by atoms with E-state index in [1.54, 1.807) is 0 Å². The molecule has 0 radical (unpaired) electrons. The van der Waals surface area contributed by atoms with Crippen LogP contribution in [0.4, 0.5) is 0 Å². The number of ether oxygens (including phenoxy) is 1. The molecule has 2 saturated carbocycles. The molecule has 5 rings (SSSR count). The minimum Gasteiger partial charge on any atom is -0.370 e. The Balaban J connectivity index is 1.19. The van der Waals surface area contributed by atoms with Gasteiger partial charge in [0, 0.05) is 37.5 Å². The van der Waals surface area contributed by atoms with E-state index in [4.69, 9.17) is 4.74 Å². The number of nitrogens with one attached hydrogen (secondary N) is 1. The Bertz CT molecular complexity index is 580. The molecule has 1 amide bonds. The van der Waals surface area contributed by atoms with Gasteiger partial charge in [-0.1, -0.05) is 19.3 Å². The predicted molar refractivity (Wildman–Crippen MR) is 105 cm³/mol. The standard InChI is InChI=1S/C22H37N3O2/c1-24(2)14-20(26)23-12-17-18-13-25(15-22(18)9-6-19(17)27-22)16-10-21(11-16)7-4-3-5-8-21/h16-19H,3-15H2,1-2H3,(H,23,26)/t17-,18+,19+,22+/m0/s1. The Labute approximate surface area is 164 Å². The van der Waals surface area contributed by atoms with Gasteiger partial charge in [0.05, 0.1) is 18.2 Å². The predicted octanol–water partition coefficient (Wildman–Crippen LogP) is 2.26. The Hall–Kier alpha value is -0.650. The second-order valence-corrected chi connectivity index (χ2v) is 10.6. The number of carbonyl (C=O) groups excluding carboxylic acids is 1. The first kappa shape index (κ1) is 18.4. The van der Waals surface area contributed by atoms with Gasteiger partial charge in [-0.15, -0.1) is 0 Å². The molecular formula is C22H37N3O2. The number of hydrogen-bond acceptors (Lipinski definition) is 4. The summed E-state index contributed by atoms with van der Waals surface area (Å²) in [5.41, 5.74) is 0.813. The molecule has 3 heterocycles. The number of nitrogens with zero attached hydrogens (tertiary/aromatic N) is 2. The van der Waals surface area contributed by atoms with Crippen LogP contribution in [0.15, 0.2) is 0 Å². The molecule has 1 N–H and O–H groups in total. The largest absolute Gasteiger partial charge is 0.370 e. The number of likely N-dealkylation sites (N-methyl/N-ethyl adjacent to an activating group) is 1. The summed E-state index contributed by atoms with van der Waals surface area (Å²) in [5.74, 6) is 1.28. The minimum atomic E-state index is 0.108. The van der Waals surface area contributed by atoms with Crippen molar-refractivity contribution in [1.29, 1.82) is 0 Å². The summed E-state index contributed by atoms with van der Waals surface area (Å²) in [6.45, 7) is 3.62. The number of carbonyl (C=O) groups is 1. The van der Waals surface area contributed by atoms with Gasteiger partial charge in [-0.05, 0) is 58.0 Å². The lowest BCUT2D eigenvalue weighted by molar-refractivity contribution is -0.122. The average molecular weight is 376 g/mol. The summed E-state index contributed by atoms with van der Waals surface area (Å²) < 4.78 is 6.59. The van der Waals surface area contributed by atoms with Crippen LogP contribution < -0.4 is 5.32 Å². The first-order valence-electron chi connectivity index (χ1n) is 11.3. The molecule has 0 aromatic rings. The number of amides is 1. The number of likely N-dealkylation sites (tertiary alicyclic amines) is 1. The number of rotatable bonds is 5. The number of hydrogen-bond donors (Lipinski definition) is 1. The fourth-order valence-corrected chi connectivity index (χ4v) is 7.26. The summed E-state index contributed by atoms with van der Waals surface area (Å²) in [7, 11) is 3.89. The summed E-state index contributed by atoms with van der Waals surface area (Å²) in [6, 6.07) is 0.801. The van der Waals surface area contributed by atoms with Gasteiger partial charge in [0.2, 0.25) is 5.91 Å². The fourth-order valence-electron chi connectivity index (χ4n) is 7.26. The first-order valence-corrected chi connectivity index (χ1v) is 11.3. The molecule has 0 aromatic heterocycles. The third-order valence-electron chi connectivity index (χ3n) is 8.57. The van der Waals surface area contributed by atoms with E-state index >= 15 is 0 Å². The quantitative estimate of drug-likeness (QED) is 0.801. The van der Waals surface area contributed by atoms with Crippen molar-refractivity contribution in [2.24, 2.45) is 17.3 Å².